The van der Waals surface area contributed by atoms with Gasteiger partial charge in [0.1, 0.15) is 6.33 Å². The van der Waals surface area contributed by atoms with Gasteiger partial charge in [-0.1, -0.05) is 24.3 Å². The predicted octanol–water partition coefficient (Wildman–Crippen LogP) is 4.06. The second kappa shape index (κ2) is 6.59. The maximum atomic E-state index is 5.45. The highest BCUT2D eigenvalue weighted by Crippen LogP contribution is 2.32. The summed E-state index contributed by atoms with van der Waals surface area (Å²) in [5.41, 5.74) is 5.81. The molecule has 1 aliphatic rings. The van der Waals surface area contributed by atoms with E-state index in [1.54, 1.807) is 17.7 Å². The lowest BCUT2D eigenvalue weighted by Crippen LogP contribution is -2.37. The van der Waals surface area contributed by atoms with Gasteiger partial charge in [0.25, 0.3) is 0 Å². The monoisotopic (exact) mass is 339 g/mol. The maximum Gasteiger partial charge on any atom is 0.116 e. The van der Waals surface area contributed by atoms with Gasteiger partial charge in [-0.25, -0.2) is 9.97 Å². The third-order valence-electron chi connectivity index (χ3n) is 4.79. The van der Waals surface area contributed by atoms with Gasteiger partial charge >= 0.3 is 0 Å². The van der Waals surface area contributed by atoms with Crippen molar-refractivity contribution in [2.75, 3.05) is 26.3 Å². The van der Waals surface area contributed by atoms with Crippen molar-refractivity contribution in [3.05, 3.63) is 47.1 Å². The lowest BCUT2D eigenvalue weighted by Gasteiger charge is -2.32. The molecule has 1 aliphatic heterocycles. The van der Waals surface area contributed by atoms with Crippen molar-refractivity contribution >= 4 is 21.6 Å². The molecule has 4 rings (SSSR count). The van der Waals surface area contributed by atoms with Gasteiger partial charge in [0.05, 0.1) is 29.1 Å². The predicted molar refractivity (Wildman–Crippen MR) is 98.4 cm³/mol. The molecule has 0 bridgehead atoms. The fraction of sp³-hybridized carbons (Fsp3) is 0.368. The molecule has 0 radical (unpaired) electrons. The fourth-order valence-electron chi connectivity index (χ4n) is 3.27. The minimum atomic E-state index is 0.414. The molecule has 0 saturated carbocycles. The summed E-state index contributed by atoms with van der Waals surface area (Å²) in [5, 5.41) is 2.15. The van der Waals surface area contributed by atoms with Crippen molar-refractivity contribution in [3.8, 4) is 11.3 Å². The van der Waals surface area contributed by atoms with Crippen LogP contribution in [0.2, 0.25) is 0 Å². The topological polar surface area (TPSA) is 38.2 Å². The summed E-state index contributed by atoms with van der Waals surface area (Å²) in [4.78, 5) is 11.4. The number of rotatable bonds is 3. The Morgan fingerprint density at radius 3 is 2.62 bits per heavy atom. The summed E-state index contributed by atoms with van der Waals surface area (Å²) in [5.74, 6) is 0. The van der Waals surface area contributed by atoms with E-state index >= 15 is 0 Å². The van der Waals surface area contributed by atoms with Crippen molar-refractivity contribution < 1.29 is 4.74 Å². The van der Waals surface area contributed by atoms with Crippen LogP contribution in [-0.4, -0.2) is 41.2 Å². The van der Waals surface area contributed by atoms with Crippen LogP contribution in [0.4, 0.5) is 0 Å². The van der Waals surface area contributed by atoms with Gasteiger partial charge in [-0.2, -0.15) is 0 Å². The van der Waals surface area contributed by atoms with Gasteiger partial charge in [-0.3, -0.25) is 4.90 Å². The first-order chi connectivity index (χ1) is 11.7. The second-order valence-corrected chi connectivity index (χ2v) is 7.14. The Kier molecular flexibility index (Phi) is 4.31. The van der Waals surface area contributed by atoms with E-state index in [0.717, 1.165) is 43.1 Å². The van der Waals surface area contributed by atoms with Crippen LogP contribution in [-0.2, 0) is 4.74 Å². The summed E-state index contributed by atoms with van der Waals surface area (Å²) in [6.07, 6.45) is 1.67. The van der Waals surface area contributed by atoms with E-state index in [4.69, 9.17) is 4.74 Å². The Morgan fingerprint density at radius 1 is 1.12 bits per heavy atom. The number of hydrogen-bond donors (Lipinski definition) is 0. The molecule has 1 saturated heterocycles. The molecule has 4 nitrogen and oxygen atoms in total. The Morgan fingerprint density at radius 2 is 1.88 bits per heavy atom. The number of thiophene rings is 1. The van der Waals surface area contributed by atoms with E-state index in [1.165, 1.54) is 15.8 Å². The molecule has 0 amide bonds. The first-order valence-electron chi connectivity index (χ1n) is 8.35. The summed E-state index contributed by atoms with van der Waals surface area (Å²) < 4.78 is 6.62. The van der Waals surface area contributed by atoms with E-state index < -0.39 is 0 Å². The number of fused-ring (bicyclic) bond motifs is 1. The quantitative estimate of drug-likeness (QED) is 0.721. The van der Waals surface area contributed by atoms with Gasteiger partial charge in [-0.05, 0) is 30.4 Å². The molecular formula is C19H21N3OS. The molecule has 124 valence electrons. The normalized spacial score (nSPS) is 17.2. The number of nitrogens with zero attached hydrogens (tertiary/aromatic N) is 3. The number of ether oxygens (including phenoxy) is 1. The van der Waals surface area contributed by atoms with E-state index in [-0.39, 0.29) is 0 Å². The first-order valence-corrected chi connectivity index (χ1v) is 9.23. The number of hydrogen-bond acceptors (Lipinski definition) is 5. The summed E-state index contributed by atoms with van der Waals surface area (Å²) >= 11 is 1.72. The molecule has 1 atom stereocenters. The highest BCUT2D eigenvalue weighted by atomic mass is 32.1. The van der Waals surface area contributed by atoms with Gasteiger partial charge in [-0.15, -0.1) is 11.3 Å². The molecule has 0 N–H and O–H groups in total. The number of aryl methyl sites for hydroxylation is 1. The lowest BCUT2D eigenvalue weighted by atomic mass is 10.0. The highest BCUT2D eigenvalue weighted by Gasteiger charge is 2.18. The summed E-state index contributed by atoms with van der Waals surface area (Å²) in [7, 11) is 0. The van der Waals surface area contributed by atoms with Crippen LogP contribution < -0.4 is 0 Å². The number of benzene rings is 1. The van der Waals surface area contributed by atoms with Crippen LogP contribution in [0, 0.1) is 6.92 Å². The van der Waals surface area contributed by atoms with Crippen LogP contribution in [0.5, 0.6) is 0 Å². The maximum absolute atomic E-state index is 5.45. The number of aromatic nitrogens is 2. The molecule has 3 aromatic rings. The summed E-state index contributed by atoms with van der Waals surface area (Å²) in [6.45, 7) is 8.04. The molecule has 0 unspecified atom stereocenters. The Balaban J connectivity index is 1.63. The SMILES string of the molecule is Cc1csc2c(-c3ccc([C@H](C)N4CCOCC4)cc3)ncnc12. The van der Waals surface area contributed by atoms with Gasteiger partial charge in [0, 0.05) is 24.7 Å². The number of morpholine rings is 1. The fourth-order valence-corrected chi connectivity index (χ4v) is 4.28. The van der Waals surface area contributed by atoms with E-state index in [0.29, 0.717) is 6.04 Å². The molecular weight excluding hydrogens is 318 g/mol. The zero-order valence-electron chi connectivity index (χ0n) is 14.0. The molecule has 0 spiro atoms. The van der Waals surface area contributed by atoms with Crippen LogP contribution in [0.3, 0.4) is 0 Å². The molecule has 5 heteroatoms. The Hall–Kier alpha value is -1.82. The van der Waals surface area contributed by atoms with Crippen molar-refractivity contribution in [3.63, 3.8) is 0 Å². The smallest absolute Gasteiger partial charge is 0.116 e. The van der Waals surface area contributed by atoms with Crippen LogP contribution in [0.1, 0.15) is 24.1 Å². The minimum Gasteiger partial charge on any atom is -0.379 e. The van der Waals surface area contributed by atoms with E-state index in [9.17, 15) is 0 Å². The van der Waals surface area contributed by atoms with Crippen molar-refractivity contribution in [2.45, 2.75) is 19.9 Å². The zero-order chi connectivity index (χ0) is 16.5. The zero-order valence-corrected chi connectivity index (χ0v) is 14.8. The van der Waals surface area contributed by atoms with Gasteiger partial charge in [0.15, 0.2) is 0 Å². The average molecular weight is 339 g/mol. The molecule has 0 aliphatic carbocycles. The summed E-state index contributed by atoms with van der Waals surface area (Å²) in [6, 6.07) is 9.23. The molecule has 1 fully saturated rings. The molecule has 1 aromatic carbocycles. The first kappa shape index (κ1) is 15.7. The third kappa shape index (κ3) is 2.83. The average Bonchev–Trinajstić information content (AvgIpc) is 3.03. The van der Waals surface area contributed by atoms with Crippen LogP contribution in [0.15, 0.2) is 36.0 Å². The molecule has 24 heavy (non-hydrogen) atoms. The molecule has 2 aromatic heterocycles. The van der Waals surface area contributed by atoms with E-state index in [1.807, 2.05) is 0 Å². The largest absolute Gasteiger partial charge is 0.379 e. The lowest BCUT2D eigenvalue weighted by molar-refractivity contribution is 0.0198. The van der Waals surface area contributed by atoms with Crippen LogP contribution in [0.25, 0.3) is 21.5 Å². The standard InChI is InChI=1S/C19H21N3OS/c1-13-11-24-19-17(13)20-12-21-18(19)16-5-3-15(4-6-16)14(2)22-7-9-23-10-8-22/h3-6,11-12,14H,7-10H2,1-2H3/t14-/m0/s1. The Bertz CT molecular complexity index is 837. The van der Waals surface area contributed by atoms with Crippen molar-refractivity contribution in [1.29, 1.82) is 0 Å². The van der Waals surface area contributed by atoms with E-state index in [2.05, 4.69) is 58.4 Å². The van der Waals surface area contributed by atoms with Gasteiger partial charge in [0.2, 0.25) is 0 Å². The third-order valence-corrected chi connectivity index (χ3v) is 5.88. The van der Waals surface area contributed by atoms with Gasteiger partial charge < -0.3 is 4.74 Å². The Labute approximate surface area is 146 Å². The van der Waals surface area contributed by atoms with Crippen LogP contribution >= 0.6 is 11.3 Å². The molecule has 3 heterocycles. The highest BCUT2D eigenvalue weighted by molar-refractivity contribution is 7.17. The van der Waals surface area contributed by atoms with Crippen molar-refractivity contribution in [2.24, 2.45) is 0 Å². The van der Waals surface area contributed by atoms with Crippen molar-refractivity contribution in [1.82, 2.24) is 14.9 Å². The second-order valence-electron chi connectivity index (χ2n) is 6.27. The minimum absolute atomic E-state index is 0.414.